The van der Waals surface area contributed by atoms with Crippen molar-refractivity contribution in [2.75, 3.05) is 6.54 Å². The van der Waals surface area contributed by atoms with E-state index in [0.717, 1.165) is 19.4 Å². The molecule has 0 aromatic carbocycles. The van der Waals surface area contributed by atoms with Crippen molar-refractivity contribution in [2.45, 2.75) is 33.6 Å². The lowest BCUT2D eigenvalue weighted by molar-refractivity contribution is -0.125. The van der Waals surface area contributed by atoms with Crippen LogP contribution in [0.15, 0.2) is 0 Å². The van der Waals surface area contributed by atoms with E-state index >= 15 is 0 Å². The van der Waals surface area contributed by atoms with Gasteiger partial charge in [-0.1, -0.05) is 20.8 Å². The Hall–Kier alpha value is -0.530. The van der Waals surface area contributed by atoms with E-state index in [0.29, 0.717) is 0 Å². The van der Waals surface area contributed by atoms with Crippen molar-refractivity contribution >= 4 is 5.91 Å². The summed E-state index contributed by atoms with van der Waals surface area (Å²) in [7, 11) is 0. The lowest BCUT2D eigenvalue weighted by atomic mass is 10.0. The van der Waals surface area contributed by atoms with Crippen molar-refractivity contribution < 1.29 is 4.79 Å². The Labute approximate surface area is 63.0 Å². The normalized spacial score (nSPS) is 24.3. The molecule has 1 fully saturated rings. The second kappa shape index (κ2) is 5.27. The van der Waals surface area contributed by atoms with Gasteiger partial charge in [0, 0.05) is 12.5 Å². The van der Waals surface area contributed by atoms with Gasteiger partial charge in [0.15, 0.2) is 0 Å². The molecule has 1 N–H and O–H groups in total. The number of amides is 1. The molecule has 1 saturated heterocycles. The van der Waals surface area contributed by atoms with E-state index < -0.39 is 0 Å². The van der Waals surface area contributed by atoms with E-state index in [9.17, 15) is 4.79 Å². The molecule has 1 aliphatic heterocycles. The number of piperidine rings is 1. The maximum Gasteiger partial charge on any atom is 0.222 e. The summed E-state index contributed by atoms with van der Waals surface area (Å²) >= 11 is 0. The van der Waals surface area contributed by atoms with Gasteiger partial charge in [0.1, 0.15) is 0 Å². The summed E-state index contributed by atoms with van der Waals surface area (Å²) < 4.78 is 0. The Bertz CT molecular complexity index is 101. The van der Waals surface area contributed by atoms with Gasteiger partial charge in [0.05, 0.1) is 0 Å². The highest BCUT2D eigenvalue weighted by Crippen LogP contribution is 2.08. The molecule has 1 amide bonds. The van der Waals surface area contributed by atoms with Gasteiger partial charge in [0.2, 0.25) is 5.91 Å². The Kier molecular flexibility index (Phi) is 4.99. The minimum Gasteiger partial charge on any atom is -0.356 e. The van der Waals surface area contributed by atoms with Crippen molar-refractivity contribution in [1.29, 1.82) is 0 Å². The van der Waals surface area contributed by atoms with Crippen LogP contribution in [0.25, 0.3) is 0 Å². The van der Waals surface area contributed by atoms with Gasteiger partial charge >= 0.3 is 0 Å². The highest BCUT2D eigenvalue weighted by Gasteiger charge is 2.15. The van der Waals surface area contributed by atoms with Gasteiger partial charge in [-0.2, -0.15) is 0 Å². The molecule has 0 bridgehead atoms. The largest absolute Gasteiger partial charge is 0.356 e. The van der Waals surface area contributed by atoms with Gasteiger partial charge in [-0.15, -0.1) is 0 Å². The fourth-order valence-corrected chi connectivity index (χ4v) is 0.925. The Morgan fingerprint density at radius 2 is 2.10 bits per heavy atom. The number of hydrogen-bond donors (Lipinski definition) is 1. The summed E-state index contributed by atoms with van der Waals surface area (Å²) in [5.41, 5.74) is 0. The summed E-state index contributed by atoms with van der Waals surface area (Å²) in [5, 5.41) is 2.79. The molecule has 1 atom stereocenters. The molecule has 2 nitrogen and oxygen atoms in total. The zero-order valence-electron chi connectivity index (χ0n) is 7.11. The van der Waals surface area contributed by atoms with Crippen molar-refractivity contribution in [3.8, 4) is 0 Å². The Morgan fingerprint density at radius 1 is 1.50 bits per heavy atom. The second-order valence-corrected chi connectivity index (χ2v) is 2.33. The summed E-state index contributed by atoms with van der Waals surface area (Å²) in [6, 6.07) is 0. The fourth-order valence-electron chi connectivity index (χ4n) is 0.925. The quantitative estimate of drug-likeness (QED) is 0.547. The average Bonchev–Trinajstić information content (AvgIpc) is 2.00. The molecule has 0 radical (unpaired) electrons. The van der Waals surface area contributed by atoms with Gasteiger partial charge in [-0.05, 0) is 12.8 Å². The average molecular weight is 143 g/mol. The van der Waals surface area contributed by atoms with Crippen molar-refractivity contribution in [1.82, 2.24) is 5.32 Å². The van der Waals surface area contributed by atoms with Gasteiger partial charge in [-0.3, -0.25) is 4.79 Å². The van der Waals surface area contributed by atoms with E-state index in [-0.39, 0.29) is 11.8 Å². The molecule has 1 heterocycles. The highest BCUT2D eigenvalue weighted by atomic mass is 16.1. The third-order valence-electron chi connectivity index (χ3n) is 1.56. The minimum atomic E-state index is 0.219. The molecule has 0 aromatic rings. The molecular weight excluding hydrogens is 126 g/mol. The maximum absolute atomic E-state index is 10.7. The lowest BCUT2D eigenvalue weighted by Crippen LogP contribution is -2.34. The maximum atomic E-state index is 10.7. The van der Waals surface area contributed by atoms with Gasteiger partial charge in [0.25, 0.3) is 0 Å². The number of carbonyl (C=O) groups excluding carboxylic acids is 1. The van der Waals surface area contributed by atoms with Gasteiger partial charge < -0.3 is 5.32 Å². The van der Waals surface area contributed by atoms with Crippen LogP contribution in [0.1, 0.15) is 33.6 Å². The molecular formula is C8H17NO. The summed E-state index contributed by atoms with van der Waals surface area (Å²) in [5.74, 6) is 0.472. The van der Waals surface area contributed by atoms with Crippen LogP contribution in [0.5, 0.6) is 0 Å². The highest BCUT2D eigenvalue weighted by molar-refractivity contribution is 5.78. The fraction of sp³-hybridized carbons (Fsp3) is 0.875. The van der Waals surface area contributed by atoms with E-state index in [1.165, 1.54) is 0 Å². The SMILES string of the molecule is CC.CC1CCCNC1=O. The Balaban J connectivity index is 0.000000371. The number of nitrogens with one attached hydrogen (secondary N) is 1. The zero-order valence-corrected chi connectivity index (χ0v) is 7.11. The molecule has 2 heteroatoms. The third kappa shape index (κ3) is 2.85. The molecule has 1 aliphatic rings. The van der Waals surface area contributed by atoms with Crippen molar-refractivity contribution in [2.24, 2.45) is 5.92 Å². The third-order valence-corrected chi connectivity index (χ3v) is 1.56. The van der Waals surface area contributed by atoms with Crippen LogP contribution in [0.4, 0.5) is 0 Å². The van der Waals surface area contributed by atoms with Crippen LogP contribution >= 0.6 is 0 Å². The number of hydrogen-bond acceptors (Lipinski definition) is 1. The van der Waals surface area contributed by atoms with Crippen LogP contribution in [-0.4, -0.2) is 12.5 Å². The smallest absolute Gasteiger partial charge is 0.222 e. The van der Waals surface area contributed by atoms with Gasteiger partial charge in [-0.25, -0.2) is 0 Å². The zero-order chi connectivity index (χ0) is 7.98. The number of rotatable bonds is 0. The predicted molar refractivity (Wildman–Crippen MR) is 42.8 cm³/mol. The molecule has 10 heavy (non-hydrogen) atoms. The first-order valence-electron chi connectivity index (χ1n) is 4.08. The molecule has 0 aliphatic carbocycles. The van der Waals surface area contributed by atoms with Crippen LogP contribution in [0.2, 0.25) is 0 Å². The van der Waals surface area contributed by atoms with Crippen LogP contribution in [0.3, 0.4) is 0 Å². The number of carbonyl (C=O) groups is 1. The summed E-state index contributed by atoms with van der Waals surface area (Å²) in [6.45, 7) is 6.84. The van der Waals surface area contributed by atoms with Crippen LogP contribution in [0, 0.1) is 5.92 Å². The first-order chi connectivity index (χ1) is 4.80. The molecule has 1 rings (SSSR count). The molecule has 1 unspecified atom stereocenters. The Morgan fingerprint density at radius 3 is 2.40 bits per heavy atom. The van der Waals surface area contributed by atoms with E-state index in [1.807, 2.05) is 20.8 Å². The second-order valence-electron chi connectivity index (χ2n) is 2.33. The topological polar surface area (TPSA) is 29.1 Å². The monoisotopic (exact) mass is 143 g/mol. The first kappa shape index (κ1) is 9.47. The summed E-state index contributed by atoms with van der Waals surface area (Å²) in [6.07, 6.45) is 2.21. The molecule has 0 aromatic heterocycles. The lowest BCUT2D eigenvalue weighted by Gasteiger charge is -2.16. The standard InChI is InChI=1S/C6H11NO.C2H6/c1-5-3-2-4-7-6(5)8;1-2/h5H,2-4H2,1H3,(H,7,8);1-2H3. The summed E-state index contributed by atoms with van der Waals surface area (Å²) in [4.78, 5) is 10.7. The molecule has 0 spiro atoms. The first-order valence-corrected chi connectivity index (χ1v) is 4.08. The minimum absolute atomic E-state index is 0.219. The van der Waals surface area contributed by atoms with E-state index in [4.69, 9.17) is 0 Å². The molecule has 0 saturated carbocycles. The predicted octanol–water partition coefficient (Wildman–Crippen LogP) is 1.56. The van der Waals surface area contributed by atoms with Crippen LogP contribution in [-0.2, 0) is 4.79 Å². The van der Waals surface area contributed by atoms with E-state index in [1.54, 1.807) is 0 Å². The molecule has 60 valence electrons. The van der Waals surface area contributed by atoms with Crippen LogP contribution < -0.4 is 5.32 Å². The van der Waals surface area contributed by atoms with E-state index in [2.05, 4.69) is 5.32 Å². The van der Waals surface area contributed by atoms with Crippen molar-refractivity contribution in [3.63, 3.8) is 0 Å². The van der Waals surface area contributed by atoms with Crippen molar-refractivity contribution in [3.05, 3.63) is 0 Å².